The fourth-order valence-electron chi connectivity index (χ4n) is 4.03. The highest BCUT2D eigenvalue weighted by molar-refractivity contribution is 5.91. The Hall–Kier alpha value is -3.10. The van der Waals surface area contributed by atoms with Crippen LogP contribution in [0.3, 0.4) is 0 Å². The average molecular weight is 401 g/mol. The third kappa shape index (κ3) is 4.33. The minimum Gasteiger partial charge on any atom is -0.467 e. The maximum atomic E-state index is 14.0. The first kappa shape index (κ1) is 19.2. The van der Waals surface area contributed by atoms with E-state index in [0.717, 1.165) is 31.9 Å². The van der Waals surface area contributed by atoms with E-state index in [1.165, 1.54) is 31.5 Å². The summed E-state index contributed by atoms with van der Waals surface area (Å²) >= 11 is 0. The number of nitrogens with zero attached hydrogens (tertiary/aromatic N) is 4. The average Bonchev–Trinajstić information content (AvgIpc) is 3.16. The number of anilines is 1. The first-order valence-electron chi connectivity index (χ1n) is 9.43. The SMILES string of the molecule is COc1ncc(F)c(N2C[C@@H]3C(CCNC(=O)/C=C/c4cncc(F)c4)[C@@H]3C2)n1. The van der Waals surface area contributed by atoms with Crippen molar-refractivity contribution >= 4 is 17.8 Å². The number of fused-ring (bicyclic) bond motifs is 1. The maximum Gasteiger partial charge on any atom is 0.318 e. The monoisotopic (exact) mass is 401 g/mol. The zero-order valence-electron chi connectivity index (χ0n) is 15.9. The van der Waals surface area contributed by atoms with Gasteiger partial charge in [-0.1, -0.05) is 0 Å². The Bertz CT molecular complexity index is 927. The molecule has 7 nitrogen and oxygen atoms in total. The zero-order chi connectivity index (χ0) is 20.4. The van der Waals surface area contributed by atoms with E-state index in [-0.39, 0.29) is 17.7 Å². The van der Waals surface area contributed by atoms with E-state index >= 15 is 0 Å². The van der Waals surface area contributed by atoms with E-state index in [1.807, 2.05) is 4.90 Å². The molecule has 1 unspecified atom stereocenters. The van der Waals surface area contributed by atoms with Gasteiger partial charge in [0, 0.05) is 31.9 Å². The van der Waals surface area contributed by atoms with Gasteiger partial charge in [-0.15, -0.1) is 0 Å². The Morgan fingerprint density at radius 2 is 2.10 bits per heavy atom. The lowest BCUT2D eigenvalue weighted by molar-refractivity contribution is -0.116. The van der Waals surface area contributed by atoms with Gasteiger partial charge in [-0.05, 0) is 41.9 Å². The van der Waals surface area contributed by atoms with Crippen LogP contribution in [0.4, 0.5) is 14.6 Å². The number of halogens is 2. The molecular formula is C20H21F2N5O2. The number of rotatable bonds is 7. The molecule has 4 rings (SSSR count). The number of carbonyl (C=O) groups excluding carboxylic acids is 1. The van der Waals surface area contributed by atoms with Crippen molar-refractivity contribution in [3.8, 4) is 6.01 Å². The summed E-state index contributed by atoms with van der Waals surface area (Å²) in [4.78, 5) is 25.4. The van der Waals surface area contributed by atoms with Crippen molar-refractivity contribution in [3.05, 3.63) is 47.9 Å². The molecule has 1 N–H and O–H groups in total. The second-order valence-corrected chi connectivity index (χ2v) is 7.27. The lowest BCUT2D eigenvalue weighted by atomic mass is 10.2. The molecular weight excluding hydrogens is 380 g/mol. The number of aromatic nitrogens is 3. The van der Waals surface area contributed by atoms with Crippen molar-refractivity contribution in [2.24, 2.45) is 17.8 Å². The highest BCUT2D eigenvalue weighted by atomic mass is 19.1. The highest BCUT2D eigenvalue weighted by Gasteiger charge is 2.55. The Labute approximate surface area is 166 Å². The van der Waals surface area contributed by atoms with Crippen molar-refractivity contribution in [1.29, 1.82) is 0 Å². The van der Waals surface area contributed by atoms with E-state index in [4.69, 9.17) is 4.74 Å². The Morgan fingerprint density at radius 1 is 1.31 bits per heavy atom. The molecule has 0 aromatic carbocycles. The molecule has 0 bridgehead atoms. The van der Waals surface area contributed by atoms with Crippen molar-refractivity contribution < 1.29 is 18.3 Å². The van der Waals surface area contributed by atoms with Crippen LogP contribution in [0.15, 0.2) is 30.7 Å². The van der Waals surface area contributed by atoms with Gasteiger partial charge in [-0.25, -0.2) is 13.8 Å². The van der Waals surface area contributed by atoms with Crippen molar-refractivity contribution in [3.63, 3.8) is 0 Å². The lowest BCUT2D eigenvalue weighted by Gasteiger charge is -2.21. The quantitative estimate of drug-likeness (QED) is 0.716. The van der Waals surface area contributed by atoms with Gasteiger partial charge in [-0.3, -0.25) is 9.78 Å². The lowest BCUT2D eigenvalue weighted by Crippen LogP contribution is -2.28. The summed E-state index contributed by atoms with van der Waals surface area (Å²) in [6.07, 6.45) is 7.50. The number of hydrogen-bond donors (Lipinski definition) is 1. The molecule has 2 aromatic heterocycles. The third-order valence-corrected chi connectivity index (χ3v) is 5.49. The normalized spacial score (nSPS) is 22.6. The van der Waals surface area contributed by atoms with Crippen LogP contribution < -0.4 is 15.0 Å². The third-order valence-electron chi connectivity index (χ3n) is 5.49. The van der Waals surface area contributed by atoms with E-state index in [0.29, 0.717) is 29.9 Å². The number of methoxy groups -OCH3 is 1. The minimum absolute atomic E-state index is 0.156. The molecule has 0 radical (unpaired) electrons. The fraction of sp³-hybridized carbons (Fsp3) is 0.400. The molecule has 2 aliphatic rings. The first-order chi connectivity index (χ1) is 14.0. The van der Waals surface area contributed by atoms with Crippen molar-refractivity contribution in [1.82, 2.24) is 20.3 Å². The second kappa shape index (κ2) is 8.10. The van der Waals surface area contributed by atoms with Crippen LogP contribution in [0.2, 0.25) is 0 Å². The first-order valence-corrected chi connectivity index (χ1v) is 9.43. The Kier molecular flexibility index (Phi) is 5.37. The molecule has 9 heteroatoms. The number of nitrogens with one attached hydrogen (secondary N) is 1. The van der Waals surface area contributed by atoms with Gasteiger partial charge >= 0.3 is 6.01 Å². The van der Waals surface area contributed by atoms with Crippen LogP contribution >= 0.6 is 0 Å². The molecule has 1 saturated carbocycles. The number of carbonyl (C=O) groups is 1. The van der Waals surface area contributed by atoms with Crippen LogP contribution in [0.5, 0.6) is 6.01 Å². The van der Waals surface area contributed by atoms with Gasteiger partial charge in [0.2, 0.25) is 5.91 Å². The largest absolute Gasteiger partial charge is 0.467 e. The molecule has 29 heavy (non-hydrogen) atoms. The van der Waals surface area contributed by atoms with Gasteiger partial charge in [0.25, 0.3) is 0 Å². The van der Waals surface area contributed by atoms with Gasteiger partial charge in [-0.2, -0.15) is 4.98 Å². The molecule has 2 fully saturated rings. The zero-order valence-corrected chi connectivity index (χ0v) is 15.9. The smallest absolute Gasteiger partial charge is 0.318 e. The van der Waals surface area contributed by atoms with Crippen molar-refractivity contribution in [2.45, 2.75) is 6.42 Å². The van der Waals surface area contributed by atoms with Gasteiger partial charge < -0.3 is 15.0 Å². The summed E-state index contributed by atoms with van der Waals surface area (Å²) in [6.45, 7) is 2.05. The molecule has 152 valence electrons. The summed E-state index contributed by atoms with van der Waals surface area (Å²) in [5, 5.41) is 2.84. The van der Waals surface area contributed by atoms with E-state index in [9.17, 15) is 13.6 Å². The van der Waals surface area contributed by atoms with Crippen LogP contribution in [0.25, 0.3) is 6.08 Å². The fourth-order valence-corrected chi connectivity index (χ4v) is 4.03. The number of hydrogen-bond acceptors (Lipinski definition) is 6. The molecule has 3 heterocycles. The summed E-state index contributed by atoms with van der Waals surface area (Å²) in [7, 11) is 1.45. The van der Waals surface area contributed by atoms with Gasteiger partial charge in [0.15, 0.2) is 11.6 Å². The number of pyridine rings is 1. The number of amides is 1. The van der Waals surface area contributed by atoms with E-state index < -0.39 is 11.6 Å². The minimum atomic E-state index is -0.448. The van der Waals surface area contributed by atoms with Crippen LogP contribution in [0, 0.1) is 29.4 Å². The number of piperidine rings is 1. The summed E-state index contributed by atoms with van der Waals surface area (Å²) in [5.74, 6) is 0.667. The molecule has 1 aliphatic carbocycles. The molecule has 3 atom stereocenters. The van der Waals surface area contributed by atoms with Gasteiger partial charge in [0.05, 0.1) is 19.5 Å². The molecule has 1 saturated heterocycles. The maximum absolute atomic E-state index is 14.0. The van der Waals surface area contributed by atoms with E-state index in [2.05, 4.69) is 20.3 Å². The van der Waals surface area contributed by atoms with Crippen LogP contribution in [-0.4, -0.2) is 47.6 Å². The summed E-state index contributed by atoms with van der Waals surface area (Å²) < 4.78 is 32.0. The van der Waals surface area contributed by atoms with Crippen molar-refractivity contribution in [2.75, 3.05) is 31.6 Å². The van der Waals surface area contributed by atoms with E-state index in [1.54, 1.807) is 0 Å². The summed E-state index contributed by atoms with van der Waals surface area (Å²) in [6, 6.07) is 1.47. The topological polar surface area (TPSA) is 80.2 Å². The predicted octanol–water partition coefficient (Wildman–Crippen LogP) is 2.06. The Balaban J connectivity index is 1.21. The second-order valence-electron chi connectivity index (χ2n) is 7.27. The van der Waals surface area contributed by atoms with Gasteiger partial charge in [0.1, 0.15) is 5.82 Å². The molecule has 2 aromatic rings. The highest BCUT2D eigenvalue weighted by Crippen LogP contribution is 2.54. The van der Waals surface area contributed by atoms with Crippen LogP contribution in [0.1, 0.15) is 12.0 Å². The molecule has 1 aliphatic heterocycles. The van der Waals surface area contributed by atoms with Crippen LogP contribution in [-0.2, 0) is 4.79 Å². The Morgan fingerprint density at radius 3 is 2.83 bits per heavy atom. The number of ether oxygens (including phenoxy) is 1. The standard InChI is InChI=1S/C20H21F2N5O2/c1-29-20-25-9-17(22)19(26-20)27-10-15-14(16(15)11-27)4-5-24-18(28)3-2-12-6-13(21)8-23-7-12/h2-3,6-9,14-16H,4-5,10-11H2,1H3,(H,24,28)/b3-2+/t14?,15-,16+. The summed E-state index contributed by atoms with van der Waals surface area (Å²) in [5.41, 5.74) is 0.533. The predicted molar refractivity (Wildman–Crippen MR) is 102 cm³/mol. The molecule has 1 amide bonds. The molecule has 0 spiro atoms.